The quantitative estimate of drug-likeness (QED) is 0.613. The van der Waals surface area contributed by atoms with Crippen molar-refractivity contribution in [1.82, 2.24) is 4.90 Å². The number of halogens is 1. The van der Waals surface area contributed by atoms with Crippen LogP contribution in [0.25, 0.3) is 0 Å². The molecule has 0 saturated heterocycles. The van der Waals surface area contributed by atoms with Crippen LogP contribution in [-0.2, 0) is 4.79 Å². The molecule has 0 bridgehead atoms. The molecule has 10 heavy (non-hydrogen) atoms. The molecular formula is C6H12FNO2. The molecule has 0 aliphatic heterocycles. The predicted octanol–water partition coefficient (Wildman–Crippen LogP) is 0.362. The topological polar surface area (TPSA) is 40.5 Å². The summed E-state index contributed by atoms with van der Waals surface area (Å²) in [5.74, 6) is -0.842. The van der Waals surface area contributed by atoms with Gasteiger partial charge in [0.2, 0.25) is 0 Å². The Balaban J connectivity index is 3.21. The molecule has 0 aliphatic rings. The summed E-state index contributed by atoms with van der Waals surface area (Å²) in [4.78, 5) is 11.6. The maximum atomic E-state index is 11.6. The summed E-state index contributed by atoms with van der Waals surface area (Å²) in [6, 6.07) is 0. The number of carboxylic acids is 1. The fourth-order valence-corrected chi connectivity index (χ4v) is 0.543. The number of hydrogen-bond donors (Lipinski definition) is 1. The third-order valence-corrected chi connectivity index (χ3v) is 1.17. The van der Waals surface area contributed by atoms with Crippen molar-refractivity contribution in [3.63, 3.8) is 0 Å². The summed E-state index contributed by atoms with van der Waals surface area (Å²) in [6.45, 7) is 0.308. The minimum absolute atomic E-state index is 0.0799. The summed E-state index contributed by atoms with van der Waals surface area (Å²) < 4.78 is 11.6. The number of rotatable bonds is 5. The van der Waals surface area contributed by atoms with Gasteiger partial charge in [-0.15, -0.1) is 0 Å². The molecule has 3 nitrogen and oxygen atoms in total. The summed E-state index contributed by atoms with van der Waals surface area (Å²) >= 11 is 0. The second kappa shape index (κ2) is 5.17. The minimum Gasteiger partial charge on any atom is -0.481 e. The second-order valence-electron chi connectivity index (χ2n) is 2.14. The van der Waals surface area contributed by atoms with Gasteiger partial charge in [-0.25, -0.2) is 4.39 Å². The Morgan fingerprint density at radius 1 is 1.60 bits per heavy atom. The third kappa shape index (κ3) is 5.50. The normalized spacial score (nSPS) is 10.3. The zero-order valence-corrected chi connectivity index (χ0v) is 6.01. The van der Waals surface area contributed by atoms with Gasteiger partial charge < -0.3 is 10.0 Å². The molecular weight excluding hydrogens is 137 g/mol. The molecule has 0 unspecified atom stereocenters. The van der Waals surface area contributed by atoms with Crippen molar-refractivity contribution in [3.05, 3.63) is 0 Å². The summed E-state index contributed by atoms with van der Waals surface area (Å²) in [5.41, 5.74) is 0. The van der Waals surface area contributed by atoms with E-state index in [9.17, 15) is 9.18 Å². The Labute approximate surface area is 59.4 Å². The van der Waals surface area contributed by atoms with Crippen LogP contribution >= 0.6 is 0 Å². The molecule has 0 aliphatic carbocycles. The van der Waals surface area contributed by atoms with Gasteiger partial charge in [-0.1, -0.05) is 0 Å². The largest absolute Gasteiger partial charge is 0.481 e. The Bertz CT molecular complexity index is 108. The van der Waals surface area contributed by atoms with E-state index in [4.69, 9.17) is 5.11 Å². The predicted molar refractivity (Wildman–Crippen MR) is 35.7 cm³/mol. The molecule has 0 aromatic heterocycles. The lowest BCUT2D eigenvalue weighted by molar-refractivity contribution is -0.137. The molecule has 0 aromatic rings. The average molecular weight is 149 g/mol. The monoisotopic (exact) mass is 149 g/mol. The van der Waals surface area contributed by atoms with Crippen molar-refractivity contribution in [3.8, 4) is 0 Å². The van der Waals surface area contributed by atoms with Crippen LogP contribution in [0.4, 0.5) is 4.39 Å². The number of nitrogens with zero attached hydrogens (tertiary/aromatic N) is 1. The fraction of sp³-hybridized carbons (Fsp3) is 0.833. The highest BCUT2D eigenvalue weighted by atomic mass is 19.1. The Kier molecular flexibility index (Phi) is 4.84. The fourth-order valence-electron chi connectivity index (χ4n) is 0.543. The van der Waals surface area contributed by atoms with Gasteiger partial charge in [-0.05, 0) is 7.05 Å². The standard InChI is InChI=1S/C6H12FNO2/c1-8(5-3-7)4-2-6(9)10/h2-5H2,1H3,(H,9,10). The Morgan fingerprint density at radius 2 is 2.20 bits per heavy atom. The van der Waals surface area contributed by atoms with E-state index >= 15 is 0 Å². The lowest BCUT2D eigenvalue weighted by Gasteiger charge is -2.11. The van der Waals surface area contributed by atoms with E-state index in [0.717, 1.165) is 0 Å². The summed E-state index contributed by atoms with van der Waals surface area (Å²) in [6.07, 6.45) is 0.0799. The lowest BCUT2D eigenvalue weighted by Crippen LogP contribution is -2.23. The van der Waals surface area contributed by atoms with Crippen molar-refractivity contribution in [2.24, 2.45) is 0 Å². The Morgan fingerprint density at radius 3 is 2.60 bits per heavy atom. The Hall–Kier alpha value is -0.640. The molecule has 60 valence electrons. The van der Waals surface area contributed by atoms with E-state index in [0.29, 0.717) is 13.1 Å². The number of hydrogen-bond acceptors (Lipinski definition) is 2. The molecule has 0 atom stereocenters. The van der Waals surface area contributed by atoms with Crippen molar-refractivity contribution >= 4 is 5.97 Å². The van der Waals surface area contributed by atoms with Crippen LogP contribution in [0.3, 0.4) is 0 Å². The third-order valence-electron chi connectivity index (χ3n) is 1.17. The van der Waals surface area contributed by atoms with Crippen molar-refractivity contribution in [2.45, 2.75) is 6.42 Å². The number of carboxylic acid groups (broad SMARTS) is 1. The van der Waals surface area contributed by atoms with Crippen LogP contribution < -0.4 is 0 Å². The molecule has 0 heterocycles. The molecule has 0 amide bonds. The first kappa shape index (κ1) is 9.36. The van der Waals surface area contributed by atoms with Gasteiger partial charge in [-0.3, -0.25) is 4.79 Å². The van der Waals surface area contributed by atoms with Crippen LogP contribution in [0.1, 0.15) is 6.42 Å². The van der Waals surface area contributed by atoms with Crippen molar-refractivity contribution < 1.29 is 14.3 Å². The zero-order chi connectivity index (χ0) is 7.98. The van der Waals surface area contributed by atoms with Crippen LogP contribution in [-0.4, -0.2) is 42.8 Å². The number of aliphatic carboxylic acids is 1. The minimum atomic E-state index is -0.842. The molecule has 0 radical (unpaired) electrons. The number of carbonyl (C=O) groups is 1. The molecule has 1 N–H and O–H groups in total. The van der Waals surface area contributed by atoms with E-state index in [2.05, 4.69) is 0 Å². The van der Waals surface area contributed by atoms with E-state index in [1.807, 2.05) is 0 Å². The van der Waals surface area contributed by atoms with Gasteiger partial charge in [0.05, 0.1) is 6.42 Å². The average Bonchev–Trinajstić information content (AvgIpc) is 1.85. The van der Waals surface area contributed by atoms with Gasteiger partial charge in [0, 0.05) is 13.1 Å². The van der Waals surface area contributed by atoms with Crippen molar-refractivity contribution in [1.29, 1.82) is 0 Å². The highest BCUT2D eigenvalue weighted by Crippen LogP contribution is 1.86. The van der Waals surface area contributed by atoms with Gasteiger partial charge in [0.1, 0.15) is 6.67 Å². The number of alkyl halides is 1. The van der Waals surface area contributed by atoms with Gasteiger partial charge in [-0.2, -0.15) is 0 Å². The highest BCUT2D eigenvalue weighted by molar-refractivity contribution is 5.66. The van der Waals surface area contributed by atoms with E-state index in [-0.39, 0.29) is 6.42 Å². The summed E-state index contributed by atoms with van der Waals surface area (Å²) in [5, 5.41) is 8.21. The van der Waals surface area contributed by atoms with Crippen LogP contribution in [0.5, 0.6) is 0 Å². The van der Waals surface area contributed by atoms with E-state index in [1.54, 1.807) is 11.9 Å². The maximum absolute atomic E-state index is 11.6. The van der Waals surface area contributed by atoms with Gasteiger partial charge >= 0.3 is 5.97 Å². The lowest BCUT2D eigenvalue weighted by atomic mass is 10.4. The van der Waals surface area contributed by atoms with E-state index < -0.39 is 12.6 Å². The van der Waals surface area contributed by atoms with Crippen LogP contribution in [0.15, 0.2) is 0 Å². The molecule has 0 aromatic carbocycles. The highest BCUT2D eigenvalue weighted by Gasteiger charge is 2.00. The molecule has 0 saturated carbocycles. The smallest absolute Gasteiger partial charge is 0.304 e. The first-order valence-corrected chi connectivity index (χ1v) is 3.13. The SMILES string of the molecule is CN(CCF)CCC(=O)O. The van der Waals surface area contributed by atoms with Crippen LogP contribution in [0, 0.1) is 0 Å². The second-order valence-corrected chi connectivity index (χ2v) is 2.14. The van der Waals surface area contributed by atoms with Gasteiger partial charge in [0.25, 0.3) is 0 Å². The first-order valence-electron chi connectivity index (χ1n) is 3.13. The summed E-state index contributed by atoms with van der Waals surface area (Å²) in [7, 11) is 1.70. The maximum Gasteiger partial charge on any atom is 0.304 e. The zero-order valence-electron chi connectivity index (χ0n) is 6.01. The van der Waals surface area contributed by atoms with Crippen LogP contribution in [0.2, 0.25) is 0 Å². The molecule has 0 fully saturated rings. The molecule has 0 rings (SSSR count). The molecule has 0 spiro atoms. The van der Waals surface area contributed by atoms with E-state index in [1.165, 1.54) is 0 Å². The van der Waals surface area contributed by atoms with Gasteiger partial charge in [0.15, 0.2) is 0 Å². The first-order chi connectivity index (χ1) is 4.66. The molecule has 4 heteroatoms. The van der Waals surface area contributed by atoms with Crippen molar-refractivity contribution in [2.75, 3.05) is 26.8 Å².